The molecule has 0 fully saturated rings. The molecular weight excluding hydrogens is 330 g/mol. The van der Waals surface area contributed by atoms with Crippen molar-refractivity contribution >= 4 is 22.9 Å². The number of aliphatic hydroxyl groups is 1. The van der Waals surface area contributed by atoms with Crippen molar-refractivity contribution in [2.75, 3.05) is 13.2 Å². The maximum atomic E-state index is 10.3. The molecule has 0 radical (unpaired) electrons. The highest BCUT2D eigenvalue weighted by Gasteiger charge is 2.17. The van der Waals surface area contributed by atoms with Gasteiger partial charge in [-0.05, 0) is 60.0 Å². The highest BCUT2D eigenvalue weighted by Crippen LogP contribution is 2.17. The number of hydrogen-bond donors (Lipinski definition) is 1. The van der Waals surface area contributed by atoms with Crippen molar-refractivity contribution in [2.45, 2.75) is 39.0 Å². The Labute approximate surface area is 147 Å². The third-order valence-corrected chi connectivity index (χ3v) is 4.87. The Morgan fingerprint density at radius 1 is 1.26 bits per heavy atom. The molecule has 1 aromatic carbocycles. The summed E-state index contributed by atoms with van der Waals surface area (Å²) in [6.45, 7) is 6.09. The fraction of sp³-hybridized carbons (Fsp3) is 0.444. The number of benzene rings is 1. The van der Waals surface area contributed by atoms with Crippen LogP contribution in [0.4, 0.5) is 0 Å². The van der Waals surface area contributed by atoms with Crippen LogP contribution in [-0.2, 0) is 6.54 Å². The standard InChI is InChI=1S/C18H24ClNO2S/c1-3-14(2)20(10-15-8-9-23-13-15)11-17(21)12-22-18-6-4-16(19)5-7-18/h4-9,13-14,17,21H,3,10-12H2,1-2H3/t14-,17+/m1/s1. The molecule has 0 saturated heterocycles. The Morgan fingerprint density at radius 3 is 2.61 bits per heavy atom. The number of halogens is 1. The van der Waals surface area contributed by atoms with Gasteiger partial charge in [-0.2, -0.15) is 11.3 Å². The van der Waals surface area contributed by atoms with Crippen LogP contribution in [0, 0.1) is 0 Å². The molecule has 5 heteroatoms. The van der Waals surface area contributed by atoms with E-state index in [0.29, 0.717) is 17.6 Å². The molecule has 2 rings (SSSR count). The van der Waals surface area contributed by atoms with E-state index in [1.165, 1.54) is 5.56 Å². The molecule has 0 unspecified atom stereocenters. The molecule has 0 spiro atoms. The predicted molar refractivity (Wildman–Crippen MR) is 97.4 cm³/mol. The number of aliphatic hydroxyl groups excluding tert-OH is 1. The van der Waals surface area contributed by atoms with E-state index in [1.807, 2.05) is 12.1 Å². The number of ether oxygens (including phenoxy) is 1. The quantitative estimate of drug-likeness (QED) is 0.723. The van der Waals surface area contributed by atoms with Crippen molar-refractivity contribution in [3.05, 3.63) is 51.7 Å². The lowest BCUT2D eigenvalue weighted by atomic mass is 10.1. The van der Waals surface area contributed by atoms with Crippen molar-refractivity contribution in [1.29, 1.82) is 0 Å². The van der Waals surface area contributed by atoms with Gasteiger partial charge < -0.3 is 9.84 Å². The Bertz CT molecular complexity index is 559. The molecule has 0 aliphatic rings. The minimum absolute atomic E-state index is 0.276. The largest absolute Gasteiger partial charge is 0.491 e. The maximum Gasteiger partial charge on any atom is 0.119 e. The van der Waals surface area contributed by atoms with E-state index in [-0.39, 0.29) is 6.61 Å². The second-order valence-electron chi connectivity index (χ2n) is 5.74. The van der Waals surface area contributed by atoms with Crippen molar-refractivity contribution in [1.82, 2.24) is 4.90 Å². The number of nitrogens with zero attached hydrogens (tertiary/aromatic N) is 1. The van der Waals surface area contributed by atoms with Crippen molar-refractivity contribution in [3.63, 3.8) is 0 Å². The number of hydrogen-bond acceptors (Lipinski definition) is 4. The van der Waals surface area contributed by atoms with Gasteiger partial charge in [0.2, 0.25) is 0 Å². The van der Waals surface area contributed by atoms with Gasteiger partial charge in [0, 0.05) is 24.2 Å². The van der Waals surface area contributed by atoms with E-state index in [0.717, 1.165) is 18.7 Å². The normalized spacial score (nSPS) is 14.0. The van der Waals surface area contributed by atoms with E-state index in [1.54, 1.807) is 23.5 Å². The summed E-state index contributed by atoms with van der Waals surface area (Å²) in [6, 6.07) is 9.74. The smallest absolute Gasteiger partial charge is 0.119 e. The lowest BCUT2D eigenvalue weighted by Gasteiger charge is -2.30. The van der Waals surface area contributed by atoms with Crippen LogP contribution in [0.3, 0.4) is 0 Å². The van der Waals surface area contributed by atoms with Crippen LogP contribution in [0.5, 0.6) is 5.75 Å². The third-order valence-electron chi connectivity index (χ3n) is 3.88. The fourth-order valence-electron chi connectivity index (χ4n) is 2.32. The second kappa shape index (κ2) is 9.28. The molecule has 23 heavy (non-hydrogen) atoms. The molecule has 0 aliphatic heterocycles. The first-order valence-electron chi connectivity index (χ1n) is 7.90. The van der Waals surface area contributed by atoms with Gasteiger partial charge in [0.25, 0.3) is 0 Å². The molecule has 2 aromatic rings. The monoisotopic (exact) mass is 353 g/mol. The molecule has 0 saturated carbocycles. The van der Waals surface area contributed by atoms with Gasteiger partial charge in [0.05, 0.1) is 0 Å². The summed E-state index contributed by atoms with van der Waals surface area (Å²) in [7, 11) is 0. The molecular formula is C18H24ClNO2S. The Balaban J connectivity index is 1.86. The van der Waals surface area contributed by atoms with Gasteiger partial charge in [0.1, 0.15) is 18.5 Å². The zero-order valence-electron chi connectivity index (χ0n) is 13.6. The average molecular weight is 354 g/mol. The summed E-state index contributed by atoms with van der Waals surface area (Å²) in [5.74, 6) is 0.723. The van der Waals surface area contributed by atoms with Gasteiger partial charge in [0.15, 0.2) is 0 Å². The van der Waals surface area contributed by atoms with E-state index in [9.17, 15) is 5.11 Å². The van der Waals surface area contributed by atoms with Crippen LogP contribution < -0.4 is 4.74 Å². The second-order valence-corrected chi connectivity index (χ2v) is 6.95. The summed E-state index contributed by atoms with van der Waals surface area (Å²) in [5.41, 5.74) is 1.29. The molecule has 1 aromatic heterocycles. The van der Waals surface area contributed by atoms with Crippen LogP contribution in [0.15, 0.2) is 41.1 Å². The van der Waals surface area contributed by atoms with E-state index < -0.39 is 6.10 Å². The summed E-state index contributed by atoms with van der Waals surface area (Å²) in [6.07, 6.45) is 0.521. The molecule has 1 heterocycles. The maximum absolute atomic E-state index is 10.3. The first-order chi connectivity index (χ1) is 11.1. The zero-order valence-corrected chi connectivity index (χ0v) is 15.2. The van der Waals surface area contributed by atoms with Crippen LogP contribution in [0.2, 0.25) is 5.02 Å². The lowest BCUT2D eigenvalue weighted by Crippen LogP contribution is -2.40. The molecule has 0 amide bonds. The molecule has 1 N–H and O–H groups in total. The van der Waals surface area contributed by atoms with Crippen molar-refractivity contribution in [2.24, 2.45) is 0 Å². The van der Waals surface area contributed by atoms with E-state index in [2.05, 4.69) is 35.6 Å². The first kappa shape index (κ1) is 18.3. The Hall–Kier alpha value is -1.07. The molecule has 0 bridgehead atoms. The third kappa shape index (κ3) is 6.15. The predicted octanol–water partition coefficient (Wildman–Crippen LogP) is 4.44. The lowest BCUT2D eigenvalue weighted by molar-refractivity contribution is 0.0507. The summed E-state index contributed by atoms with van der Waals surface area (Å²) < 4.78 is 5.64. The van der Waals surface area contributed by atoms with Crippen LogP contribution in [-0.4, -0.2) is 35.3 Å². The fourth-order valence-corrected chi connectivity index (χ4v) is 3.11. The molecule has 2 atom stereocenters. The van der Waals surface area contributed by atoms with Crippen molar-refractivity contribution < 1.29 is 9.84 Å². The topological polar surface area (TPSA) is 32.7 Å². The summed E-state index contributed by atoms with van der Waals surface area (Å²) in [4.78, 5) is 2.30. The van der Waals surface area contributed by atoms with Crippen LogP contribution in [0.25, 0.3) is 0 Å². The van der Waals surface area contributed by atoms with Gasteiger partial charge in [-0.25, -0.2) is 0 Å². The van der Waals surface area contributed by atoms with Gasteiger partial charge in [-0.1, -0.05) is 18.5 Å². The van der Waals surface area contributed by atoms with E-state index >= 15 is 0 Å². The number of thiophene rings is 1. The van der Waals surface area contributed by atoms with E-state index in [4.69, 9.17) is 16.3 Å². The highest BCUT2D eigenvalue weighted by atomic mass is 35.5. The first-order valence-corrected chi connectivity index (χ1v) is 9.22. The van der Waals surface area contributed by atoms with Crippen LogP contribution in [0.1, 0.15) is 25.8 Å². The van der Waals surface area contributed by atoms with Crippen molar-refractivity contribution in [3.8, 4) is 5.75 Å². The van der Waals surface area contributed by atoms with Gasteiger partial charge >= 0.3 is 0 Å². The summed E-state index contributed by atoms with van der Waals surface area (Å²) in [5, 5.41) is 15.2. The average Bonchev–Trinajstić information content (AvgIpc) is 3.06. The molecule has 0 aliphatic carbocycles. The highest BCUT2D eigenvalue weighted by molar-refractivity contribution is 7.07. The number of rotatable bonds is 9. The minimum atomic E-state index is -0.529. The van der Waals surface area contributed by atoms with Gasteiger partial charge in [-0.3, -0.25) is 4.90 Å². The SMILES string of the molecule is CC[C@@H](C)N(Cc1ccsc1)C[C@H](O)COc1ccc(Cl)cc1. The summed E-state index contributed by atoms with van der Waals surface area (Å²) >= 11 is 7.55. The van der Waals surface area contributed by atoms with Crippen LogP contribution >= 0.6 is 22.9 Å². The molecule has 126 valence electrons. The Morgan fingerprint density at radius 2 is 2.00 bits per heavy atom. The minimum Gasteiger partial charge on any atom is -0.491 e. The van der Waals surface area contributed by atoms with Gasteiger partial charge in [-0.15, -0.1) is 0 Å². The zero-order chi connectivity index (χ0) is 16.7. The molecule has 3 nitrogen and oxygen atoms in total. The Kier molecular flexibility index (Phi) is 7.37.